The fourth-order valence-electron chi connectivity index (χ4n) is 2.10. The molecule has 0 aliphatic carbocycles. The summed E-state index contributed by atoms with van der Waals surface area (Å²) in [5, 5.41) is 9.93. The van der Waals surface area contributed by atoms with E-state index in [4.69, 9.17) is 18.9 Å². The van der Waals surface area contributed by atoms with E-state index >= 15 is 0 Å². The van der Waals surface area contributed by atoms with E-state index in [0.29, 0.717) is 0 Å². The lowest BCUT2D eigenvalue weighted by Crippen LogP contribution is -2.63. The third kappa shape index (κ3) is 4.89. The normalized spacial score (nSPS) is 30.0. The molecule has 0 saturated carbocycles. The summed E-state index contributed by atoms with van der Waals surface area (Å²) in [5.41, 5.74) is 0. The maximum Gasteiger partial charge on any atom is 0.339 e. The first-order chi connectivity index (χ1) is 10.7. The van der Waals surface area contributed by atoms with Crippen LogP contribution in [0.25, 0.3) is 0 Å². The molecule has 0 radical (unpaired) electrons. The summed E-state index contributed by atoms with van der Waals surface area (Å²) in [4.78, 5) is 45.5. The number of ether oxygens (including phenoxy) is 5. The van der Waals surface area contributed by atoms with Crippen molar-refractivity contribution in [2.45, 2.75) is 51.5 Å². The molecule has 1 fully saturated rings. The number of esters is 4. The van der Waals surface area contributed by atoms with Crippen LogP contribution in [0, 0.1) is 0 Å². The van der Waals surface area contributed by atoms with E-state index in [1.54, 1.807) is 0 Å². The first kappa shape index (κ1) is 18.8. The van der Waals surface area contributed by atoms with Gasteiger partial charge < -0.3 is 28.8 Å². The van der Waals surface area contributed by atoms with Crippen LogP contribution in [0.2, 0.25) is 0 Å². The number of methoxy groups -OCH3 is 1. The number of carbonyl (C=O) groups excluding carboxylic acids is 4. The predicted molar refractivity (Wildman–Crippen MR) is 69.6 cm³/mol. The molecule has 0 amide bonds. The van der Waals surface area contributed by atoms with E-state index in [1.165, 1.54) is 0 Å². The van der Waals surface area contributed by atoms with E-state index in [-0.39, 0.29) is 0 Å². The Balaban J connectivity index is 3.21. The average molecular weight is 334 g/mol. The lowest BCUT2D eigenvalue weighted by atomic mass is 9.98. The van der Waals surface area contributed by atoms with E-state index in [9.17, 15) is 24.3 Å². The van der Waals surface area contributed by atoms with Crippen LogP contribution in [0.5, 0.6) is 0 Å². The van der Waals surface area contributed by atoms with Crippen molar-refractivity contribution in [1.29, 1.82) is 0 Å². The molecule has 5 atom stereocenters. The minimum atomic E-state index is -1.79. The molecular weight excluding hydrogens is 316 g/mol. The number of aliphatic hydroxyl groups is 1. The number of aliphatic hydroxyl groups excluding tert-OH is 1. The topological polar surface area (TPSA) is 135 Å². The zero-order valence-electron chi connectivity index (χ0n) is 13.0. The van der Waals surface area contributed by atoms with Crippen LogP contribution in [-0.4, -0.2) is 66.8 Å². The highest BCUT2D eigenvalue weighted by Gasteiger charge is 2.54. The standard InChI is InChI=1S/C13H18O10/c1-5(14)20-8-9(21-6(2)15)11(22-7(3)16)13(18)23-10(8)12(17)19-4/h8-11,13,18H,1-4H3/t8-,9+,10+,11+,13-/m1/s1. The van der Waals surface area contributed by atoms with Gasteiger partial charge in [0, 0.05) is 20.8 Å². The minimum Gasteiger partial charge on any atom is -0.467 e. The zero-order valence-corrected chi connectivity index (χ0v) is 13.0. The molecule has 0 aromatic carbocycles. The van der Waals surface area contributed by atoms with Crippen molar-refractivity contribution in [3.8, 4) is 0 Å². The van der Waals surface area contributed by atoms with Gasteiger partial charge >= 0.3 is 23.9 Å². The smallest absolute Gasteiger partial charge is 0.339 e. The van der Waals surface area contributed by atoms with Crippen LogP contribution in [0.4, 0.5) is 0 Å². The highest BCUT2D eigenvalue weighted by molar-refractivity contribution is 5.77. The fourth-order valence-corrected chi connectivity index (χ4v) is 2.10. The molecule has 10 nitrogen and oxygen atoms in total. The SMILES string of the molecule is COC(=O)[C@H]1O[C@@H](O)[C@@H](OC(C)=O)[C@@H](OC(C)=O)[C@H]1OC(C)=O. The molecule has 1 rings (SSSR count). The van der Waals surface area contributed by atoms with Crippen LogP contribution in [0.1, 0.15) is 20.8 Å². The summed E-state index contributed by atoms with van der Waals surface area (Å²) in [5.74, 6) is -3.37. The fraction of sp³-hybridized carbons (Fsp3) is 0.692. The van der Waals surface area contributed by atoms with Crippen LogP contribution in [-0.2, 0) is 42.9 Å². The van der Waals surface area contributed by atoms with Crippen molar-refractivity contribution in [1.82, 2.24) is 0 Å². The third-order valence-electron chi connectivity index (χ3n) is 2.85. The van der Waals surface area contributed by atoms with Gasteiger partial charge in [-0.2, -0.15) is 0 Å². The van der Waals surface area contributed by atoms with Crippen LogP contribution >= 0.6 is 0 Å². The summed E-state index contributed by atoms with van der Waals surface area (Å²) in [7, 11) is 1.06. The lowest BCUT2D eigenvalue weighted by Gasteiger charge is -2.41. The van der Waals surface area contributed by atoms with Crippen molar-refractivity contribution in [2.75, 3.05) is 7.11 Å². The van der Waals surface area contributed by atoms with Crippen molar-refractivity contribution in [2.24, 2.45) is 0 Å². The largest absolute Gasteiger partial charge is 0.467 e. The van der Waals surface area contributed by atoms with Crippen LogP contribution in [0.15, 0.2) is 0 Å². The van der Waals surface area contributed by atoms with Crippen molar-refractivity contribution in [3.63, 3.8) is 0 Å². The highest BCUT2D eigenvalue weighted by Crippen LogP contribution is 2.28. The van der Waals surface area contributed by atoms with Gasteiger partial charge in [-0.25, -0.2) is 4.79 Å². The Morgan fingerprint density at radius 2 is 1.26 bits per heavy atom. The molecule has 0 aromatic rings. The minimum absolute atomic E-state index is 0.798. The van der Waals surface area contributed by atoms with E-state index in [2.05, 4.69) is 4.74 Å². The van der Waals surface area contributed by atoms with Gasteiger partial charge in [0.25, 0.3) is 0 Å². The molecule has 23 heavy (non-hydrogen) atoms. The highest BCUT2D eigenvalue weighted by atomic mass is 16.7. The number of rotatable bonds is 4. The van der Waals surface area contributed by atoms with Gasteiger partial charge in [-0.05, 0) is 0 Å². The van der Waals surface area contributed by atoms with Gasteiger partial charge in [-0.15, -0.1) is 0 Å². The first-order valence-corrected chi connectivity index (χ1v) is 6.60. The van der Waals surface area contributed by atoms with E-state index in [0.717, 1.165) is 27.9 Å². The van der Waals surface area contributed by atoms with Gasteiger partial charge in [0.1, 0.15) is 0 Å². The Morgan fingerprint density at radius 3 is 1.70 bits per heavy atom. The van der Waals surface area contributed by atoms with Gasteiger partial charge in [0.05, 0.1) is 7.11 Å². The summed E-state index contributed by atoms with van der Waals surface area (Å²) in [6, 6.07) is 0. The van der Waals surface area contributed by atoms with E-state index < -0.39 is 54.6 Å². The average Bonchev–Trinajstić information content (AvgIpc) is 2.43. The Bertz CT molecular complexity index is 487. The maximum atomic E-state index is 11.8. The molecule has 0 spiro atoms. The molecule has 0 unspecified atom stereocenters. The maximum absolute atomic E-state index is 11.8. The quantitative estimate of drug-likeness (QED) is 0.486. The van der Waals surface area contributed by atoms with Gasteiger partial charge in [0.15, 0.2) is 30.7 Å². The monoisotopic (exact) mass is 334 g/mol. The number of carbonyl (C=O) groups is 4. The van der Waals surface area contributed by atoms with Gasteiger partial charge in [0.2, 0.25) is 0 Å². The lowest BCUT2D eigenvalue weighted by molar-refractivity contribution is -0.289. The summed E-state index contributed by atoms with van der Waals surface area (Å²) in [6.45, 7) is 3.18. The third-order valence-corrected chi connectivity index (χ3v) is 2.85. The van der Waals surface area contributed by atoms with E-state index in [1.807, 2.05) is 0 Å². The van der Waals surface area contributed by atoms with Crippen LogP contribution < -0.4 is 0 Å². The molecule has 10 heteroatoms. The summed E-state index contributed by atoms with van der Waals surface area (Å²) < 4.78 is 24.3. The second-order valence-corrected chi connectivity index (χ2v) is 4.69. The Morgan fingerprint density at radius 1 is 0.826 bits per heavy atom. The first-order valence-electron chi connectivity index (χ1n) is 6.60. The molecule has 1 aliphatic heterocycles. The second kappa shape index (κ2) is 7.88. The van der Waals surface area contributed by atoms with Gasteiger partial charge in [-0.3, -0.25) is 14.4 Å². The molecule has 1 aliphatic rings. The number of hydrogen-bond donors (Lipinski definition) is 1. The Kier molecular flexibility index (Phi) is 6.46. The molecule has 1 saturated heterocycles. The molecule has 0 bridgehead atoms. The van der Waals surface area contributed by atoms with Crippen molar-refractivity contribution >= 4 is 23.9 Å². The predicted octanol–water partition coefficient (Wildman–Crippen LogP) is -1.33. The molecule has 130 valence electrons. The zero-order chi connectivity index (χ0) is 17.7. The molecular formula is C13H18O10. The van der Waals surface area contributed by atoms with Crippen molar-refractivity contribution in [3.05, 3.63) is 0 Å². The second-order valence-electron chi connectivity index (χ2n) is 4.69. The van der Waals surface area contributed by atoms with Crippen LogP contribution in [0.3, 0.4) is 0 Å². The molecule has 0 aromatic heterocycles. The Labute approximate surface area is 131 Å². The summed E-state index contributed by atoms with van der Waals surface area (Å²) >= 11 is 0. The number of hydrogen-bond acceptors (Lipinski definition) is 10. The molecule has 1 N–H and O–H groups in total. The summed E-state index contributed by atoms with van der Waals surface area (Å²) in [6.07, 6.45) is -7.75. The van der Waals surface area contributed by atoms with Crippen molar-refractivity contribution < 1.29 is 48.0 Å². The van der Waals surface area contributed by atoms with Gasteiger partial charge in [-0.1, -0.05) is 0 Å². The Hall–Kier alpha value is -2.20. The molecule has 1 heterocycles.